The first kappa shape index (κ1) is 25.9. The first-order valence-electron chi connectivity index (χ1n) is 11.5. The molecule has 0 saturated heterocycles. The Labute approximate surface area is 216 Å². The number of hydrogen-bond acceptors (Lipinski definition) is 9. The molecule has 2 heterocycles. The van der Waals surface area contributed by atoms with E-state index in [1.54, 1.807) is 62.4 Å². The van der Waals surface area contributed by atoms with E-state index in [0.29, 0.717) is 43.4 Å². The highest BCUT2D eigenvalue weighted by atomic mass is 32.1. The van der Waals surface area contributed by atoms with Crippen LogP contribution in [0.5, 0.6) is 17.2 Å². The molecule has 4 rings (SSSR count). The van der Waals surface area contributed by atoms with Crippen LogP contribution < -0.4 is 29.1 Å². The molecule has 3 aromatic rings. The average Bonchev–Trinajstić information content (AvgIpc) is 3.18. The van der Waals surface area contributed by atoms with Crippen molar-refractivity contribution in [2.75, 3.05) is 20.8 Å². The molecule has 0 bridgehead atoms. The summed E-state index contributed by atoms with van der Waals surface area (Å²) in [6.45, 7) is 4.89. The maximum atomic E-state index is 13.8. The van der Waals surface area contributed by atoms with Gasteiger partial charge in [-0.05, 0) is 44.2 Å². The second-order valence-corrected chi connectivity index (χ2v) is 9.05. The molecule has 0 fully saturated rings. The van der Waals surface area contributed by atoms with Gasteiger partial charge in [-0.3, -0.25) is 14.2 Å². The molecule has 2 aromatic carbocycles. The summed E-state index contributed by atoms with van der Waals surface area (Å²) in [6, 6.07) is 11.2. The normalized spacial score (nSPS) is 15.1. The van der Waals surface area contributed by atoms with Gasteiger partial charge in [0.05, 0.1) is 36.6 Å². The Kier molecular flexibility index (Phi) is 7.58. The van der Waals surface area contributed by atoms with Crippen LogP contribution in [0.3, 0.4) is 0 Å². The van der Waals surface area contributed by atoms with Crippen molar-refractivity contribution in [2.45, 2.75) is 26.8 Å². The summed E-state index contributed by atoms with van der Waals surface area (Å²) in [5.74, 6) is 0.286. The predicted molar refractivity (Wildman–Crippen MR) is 138 cm³/mol. The molecule has 0 amide bonds. The van der Waals surface area contributed by atoms with Crippen LogP contribution in [-0.2, 0) is 14.3 Å². The van der Waals surface area contributed by atoms with Crippen LogP contribution in [-0.4, -0.2) is 37.3 Å². The standard InChI is InChI=1S/C27H26N2O7S/c1-6-35-26(32)23-15(2)28-27-29(24(23)19-14-18(33-4)11-12-21(19)34-5)25(31)22(37-27)13-17-9-7-8-10-20(17)36-16(3)30/h7-14,24H,6H2,1-5H3/b22-13-/t24-/m0/s1. The Morgan fingerprint density at radius 2 is 1.86 bits per heavy atom. The SMILES string of the molecule is CCOC(=O)C1=C(C)N=c2s/c(=C\c3ccccc3OC(C)=O)c(=O)n2[C@H]1c1cc(OC)ccc1OC. The van der Waals surface area contributed by atoms with Gasteiger partial charge in [0.25, 0.3) is 5.56 Å². The van der Waals surface area contributed by atoms with Crippen LogP contribution in [0.2, 0.25) is 0 Å². The smallest absolute Gasteiger partial charge is 0.338 e. The average molecular weight is 523 g/mol. The van der Waals surface area contributed by atoms with E-state index < -0.39 is 18.0 Å². The lowest BCUT2D eigenvalue weighted by Crippen LogP contribution is -2.40. The molecule has 0 saturated carbocycles. The first-order valence-corrected chi connectivity index (χ1v) is 12.3. The van der Waals surface area contributed by atoms with E-state index in [9.17, 15) is 14.4 Å². The molecule has 0 aliphatic carbocycles. The van der Waals surface area contributed by atoms with Crippen LogP contribution in [0.15, 0.2) is 63.5 Å². The molecule has 1 aromatic heterocycles. The van der Waals surface area contributed by atoms with Gasteiger partial charge in [-0.15, -0.1) is 0 Å². The van der Waals surface area contributed by atoms with E-state index in [2.05, 4.69) is 4.99 Å². The van der Waals surface area contributed by atoms with Crippen molar-refractivity contribution in [3.63, 3.8) is 0 Å². The Morgan fingerprint density at radius 3 is 2.54 bits per heavy atom. The fourth-order valence-corrected chi connectivity index (χ4v) is 5.17. The lowest BCUT2D eigenvalue weighted by molar-refractivity contribution is -0.139. The highest BCUT2D eigenvalue weighted by Crippen LogP contribution is 2.37. The molecule has 10 heteroatoms. The first-order chi connectivity index (χ1) is 17.8. The van der Waals surface area contributed by atoms with Gasteiger partial charge in [0.1, 0.15) is 23.3 Å². The number of thiazole rings is 1. The zero-order valence-corrected chi connectivity index (χ0v) is 21.9. The van der Waals surface area contributed by atoms with Crippen molar-refractivity contribution >= 4 is 29.4 Å². The van der Waals surface area contributed by atoms with E-state index in [1.807, 2.05) is 0 Å². The fourth-order valence-electron chi connectivity index (χ4n) is 4.13. The number of benzene rings is 2. The number of hydrogen-bond donors (Lipinski definition) is 0. The number of para-hydroxylation sites is 1. The minimum atomic E-state index is -0.869. The molecule has 1 atom stereocenters. The topological polar surface area (TPSA) is 105 Å². The van der Waals surface area contributed by atoms with Gasteiger partial charge in [-0.25, -0.2) is 9.79 Å². The van der Waals surface area contributed by atoms with Crippen molar-refractivity contribution in [1.29, 1.82) is 0 Å². The van der Waals surface area contributed by atoms with Crippen LogP contribution in [0.1, 0.15) is 37.9 Å². The highest BCUT2D eigenvalue weighted by Gasteiger charge is 2.35. The number of methoxy groups -OCH3 is 2. The summed E-state index contributed by atoms with van der Waals surface area (Å²) < 4.78 is 23.5. The number of nitrogens with zero attached hydrogens (tertiary/aromatic N) is 2. The number of rotatable bonds is 7. The van der Waals surface area contributed by atoms with E-state index in [1.165, 1.54) is 37.0 Å². The summed E-state index contributed by atoms with van der Waals surface area (Å²) in [5, 5.41) is 0. The number of carbonyl (C=O) groups is 2. The molecule has 37 heavy (non-hydrogen) atoms. The molecular formula is C27H26N2O7S. The summed E-state index contributed by atoms with van der Waals surface area (Å²) in [5.41, 5.74) is 1.40. The number of carbonyl (C=O) groups excluding carboxylic acids is 2. The molecule has 0 N–H and O–H groups in total. The fraction of sp³-hybridized carbons (Fsp3) is 0.259. The maximum Gasteiger partial charge on any atom is 0.338 e. The maximum absolute atomic E-state index is 13.8. The molecule has 1 aliphatic heterocycles. The summed E-state index contributed by atoms with van der Waals surface area (Å²) in [6.07, 6.45) is 1.64. The third kappa shape index (κ3) is 5.05. The number of allylic oxidation sites excluding steroid dienone is 1. The van der Waals surface area contributed by atoms with E-state index >= 15 is 0 Å². The van der Waals surface area contributed by atoms with Gasteiger partial charge in [-0.1, -0.05) is 29.5 Å². The molecule has 0 unspecified atom stereocenters. The molecule has 1 aliphatic rings. The van der Waals surface area contributed by atoms with Gasteiger partial charge < -0.3 is 18.9 Å². The minimum absolute atomic E-state index is 0.162. The highest BCUT2D eigenvalue weighted by molar-refractivity contribution is 7.07. The lowest BCUT2D eigenvalue weighted by atomic mass is 9.94. The number of fused-ring (bicyclic) bond motifs is 1. The van der Waals surface area contributed by atoms with Crippen molar-refractivity contribution in [2.24, 2.45) is 4.99 Å². The van der Waals surface area contributed by atoms with Gasteiger partial charge in [0.2, 0.25) is 0 Å². The molecule has 0 spiro atoms. The Hall–Kier alpha value is -4.18. The third-order valence-corrected chi connectivity index (χ3v) is 6.69. The van der Waals surface area contributed by atoms with Gasteiger partial charge in [0, 0.05) is 18.1 Å². The van der Waals surface area contributed by atoms with Crippen molar-refractivity contribution < 1.29 is 28.5 Å². The second kappa shape index (κ2) is 10.8. The van der Waals surface area contributed by atoms with Crippen molar-refractivity contribution in [3.8, 4) is 17.2 Å². The third-order valence-electron chi connectivity index (χ3n) is 5.71. The van der Waals surface area contributed by atoms with Crippen LogP contribution in [0.25, 0.3) is 6.08 Å². The Balaban J connectivity index is 2.00. The largest absolute Gasteiger partial charge is 0.497 e. The summed E-state index contributed by atoms with van der Waals surface area (Å²) in [7, 11) is 3.05. The van der Waals surface area contributed by atoms with Crippen molar-refractivity contribution in [3.05, 3.63) is 84.5 Å². The zero-order valence-electron chi connectivity index (χ0n) is 21.1. The lowest BCUT2D eigenvalue weighted by Gasteiger charge is -2.26. The molecule has 9 nitrogen and oxygen atoms in total. The molecule has 0 radical (unpaired) electrons. The predicted octanol–water partition coefficient (Wildman–Crippen LogP) is 2.74. The Bertz CT molecular complexity index is 1580. The van der Waals surface area contributed by atoms with Gasteiger partial charge in [0.15, 0.2) is 4.80 Å². The van der Waals surface area contributed by atoms with Gasteiger partial charge >= 0.3 is 11.9 Å². The summed E-state index contributed by atoms with van der Waals surface area (Å²) in [4.78, 5) is 43.5. The molecular weight excluding hydrogens is 496 g/mol. The Morgan fingerprint density at radius 1 is 1.11 bits per heavy atom. The zero-order chi connectivity index (χ0) is 26.7. The van der Waals surface area contributed by atoms with E-state index in [4.69, 9.17) is 18.9 Å². The van der Waals surface area contributed by atoms with Crippen LogP contribution >= 0.6 is 11.3 Å². The van der Waals surface area contributed by atoms with E-state index in [-0.39, 0.29) is 17.7 Å². The summed E-state index contributed by atoms with van der Waals surface area (Å²) >= 11 is 1.17. The van der Waals surface area contributed by atoms with Crippen molar-refractivity contribution in [1.82, 2.24) is 4.57 Å². The molecule has 192 valence electrons. The van der Waals surface area contributed by atoms with Crippen LogP contribution in [0.4, 0.5) is 0 Å². The van der Waals surface area contributed by atoms with Crippen LogP contribution in [0, 0.1) is 0 Å². The number of ether oxygens (including phenoxy) is 4. The number of aromatic nitrogens is 1. The number of esters is 2. The quantitative estimate of drug-likeness (QED) is 0.347. The van der Waals surface area contributed by atoms with E-state index in [0.717, 1.165) is 0 Å². The van der Waals surface area contributed by atoms with Gasteiger partial charge in [-0.2, -0.15) is 0 Å². The second-order valence-electron chi connectivity index (χ2n) is 8.04. The minimum Gasteiger partial charge on any atom is -0.497 e. The monoisotopic (exact) mass is 522 g/mol.